The number of hydrogen-bond donors (Lipinski definition) is 1. The summed E-state index contributed by atoms with van der Waals surface area (Å²) in [5.74, 6) is 2.24. The van der Waals surface area contributed by atoms with Gasteiger partial charge >= 0.3 is 0 Å². The molecule has 2 heterocycles. The molecule has 1 aromatic heterocycles. The van der Waals surface area contributed by atoms with E-state index in [1.807, 2.05) is 0 Å². The molecule has 0 saturated carbocycles. The van der Waals surface area contributed by atoms with Crippen LogP contribution in [0.2, 0.25) is 0 Å². The third kappa shape index (κ3) is 3.32. The summed E-state index contributed by atoms with van der Waals surface area (Å²) in [5, 5.41) is 12.3. The molecular weight excluding hydrogens is 260 g/mol. The van der Waals surface area contributed by atoms with Gasteiger partial charge in [0.05, 0.1) is 6.04 Å². The highest BCUT2D eigenvalue weighted by atomic mass is 15.3. The Kier molecular flexibility index (Phi) is 4.34. The topological polar surface area (TPSA) is 42.7 Å². The summed E-state index contributed by atoms with van der Waals surface area (Å²) in [6.45, 7) is 5.51. The predicted octanol–water partition coefficient (Wildman–Crippen LogP) is 2.90. The fourth-order valence-corrected chi connectivity index (χ4v) is 3.11. The fraction of sp³-hybridized carbons (Fsp3) is 0.529. The molecule has 0 saturated heterocycles. The van der Waals surface area contributed by atoms with E-state index in [9.17, 15) is 0 Å². The Morgan fingerprint density at radius 2 is 2.00 bits per heavy atom. The van der Waals surface area contributed by atoms with E-state index < -0.39 is 0 Å². The summed E-state index contributed by atoms with van der Waals surface area (Å²) in [7, 11) is 0. The van der Waals surface area contributed by atoms with Crippen molar-refractivity contribution in [1.29, 1.82) is 0 Å². The number of hydrogen-bond acceptors (Lipinski definition) is 3. The molecule has 0 radical (unpaired) electrons. The maximum Gasteiger partial charge on any atom is 0.149 e. The SMILES string of the molecule is CC(CCc1ccccc1)NC(C)c1nnc2n1CCC2. The van der Waals surface area contributed by atoms with E-state index in [4.69, 9.17) is 0 Å². The average molecular weight is 284 g/mol. The third-order valence-corrected chi connectivity index (χ3v) is 4.27. The van der Waals surface area contributed by atoms with Crippen LogP contribution in [0.4, 0.5) is 0 Å². The van der Waals surface area contributed by atoms with Gasteiger partial charge in [-0.25, -0.2) is 0 Å². The van der Waals surface area contributed by atoms with Gasteiger partial charge < -0.3 is 9.88 Å². The Hall–Kier alpha value is -1.68. The van der Waals surface area contributed by atoms with Gasteiger partial charge in [-0.2, -0.15) is 0 Å². The van der Waals surface area contributed by atoms with Crippen molar-refractivity contribution in [3.63, 3.8) is 0 Å². The maximum atomic E-state index is 4.36. The Bertz CT molecular complexity index is 576. The van der Waals surface area contributed by atoms with Crippen LogP contribution in [0.3, 0.4) is 0 Å². The zero-order chi connectivity index (χ0) is 14.7. The molecule has 1 aliphatic rings. The highest BCUT2D eigenvalue weighted by Crippen LogP contribution is 2.19. The molecule has 4 nitrogen and oxygen atoms in total. The van der Waals surface area contributed by atoms with E-state index in [2.05, 4.69) is 64.3 Å². The lowest BCUT2D eigenvalue weighted by Gasteiger charge is -2.19. The normalized spacial score (nSPS) is 16.7. The lowest BCUT2D eigenvalue weighted by molar-refractivity contribution is 0.431. The predicted molar refractivity (Wildman–Crippen MR) is 84.1 cm³/mol. The number of aryl methyl sites for hydroxylation is 2. The molecule has 3 rings (SSSR count). The first-order valence-electron chi connectivity index (χ1n) is 7.96. The van der Waals surface area contributed by atoms with Gasteiger partial charge in [0, 0.05) is 19.0 Å². The minimum atomic E-state index is 0.259. The highest BCUT2D eigenvalue weighted by molar-refractivity contribution is 5.14. The van der Waals surface area contributed by atoms with Crippen molar-refractivity contribution < 1.29 is 0 Å². The van der Waals surface area contributed by atoms with Gasteiger partial charge in [0.2, 0.25) is 0 Å². The van der Waals surface area contributed by atoms with E-state index in [-0.39, 0.29) is 6.04 Å². The molecule has 0 aliphatic carbocycles. The van der Waals surface area contributed by atoms with Crippen LogP contribution in [-0.2, 0) is 19.4 Å². The molecule has 4 heteroatoms. The number of nitrogens with zero attached hydrogens (tertiary/aromatic N) is 3. The summed E-state index contributed by atoms with van der Waals surface area (Å²) >= 11 is 0. The Balaban J connectivity index is 1.53. The first kappa shape index (κ1) is 14.3. The molecule has 0 fully saturated rings. The molecule has 0 amide bonds. The third-order valence-electron chi connectivity index (χ3n) is 4.27. The van der Waals surface area contributed by atoms with Crippen LogP contribution < -0.4 is 5.32 Å². The molecule has 2 unspecified atom stereocenters. The first-order chi connectivity index (χ1) is 10.2. The van der Waals surface area contributed by atoms with Crippen LogP contribution in [-0.4, -0.2) is 20.8 Å². The van der Waals surface area contributed by atoms with Crippen molar-refractivity contribution in [2.75, 3.05) is 0 Å². The van der Waals surface area contributed by atoms with Gasteiger partial charge in [-0.1, -0.05) is 30.3 Å². The minimum absolute atomic E-state index is 0.259. The van der Waals surface area contributed by atoms with Crippen molar-refractivity contribution in [3.8, 4) is 0 Å². The van der Waals surface area contributed by atoms with Crippen LogP contribution in [0.25, 0.3) is 0 Å². The standard InChI is InChI=1S/C17H24N4/c1-13(10-11-15-7-4-3-5-8-15)18-14(2)17-20-19-16-9-6-12-21(16)17/h3-5,7-8,13-14,18H,6,9-12H2,1-2H3. The van der Waals surface area contributed by atoms with Crippen molar-refractivity contribution >= 4 is 0 Å². The molecular formula is C17H24N4. The molecule has 1 N–H and O–H groups in total. The van der Waals surface area contributed by atoms with Gasteiger partial charge in [0.25, 0.3) is 0 Å². The van der Waals surface area contributed by atoms with Crippen LogP contribution in [0, 0.1) is 0 Å². The fourth-order valence-electron chi connectivity index (χ4n) is 3.11. The molecule has 21 heavy (non-hydrogen) atoms. The minimum Gasteiger partial charge on any atom is -0.314 e. The second-order valence-corrected chi connectivity index (χ2v) is 6.04. The number of nitrogens with one attached hydrogen (secondary N) is 1. The highest BCUT2D eigenvalue weighted by Gasteiger charge is 2.21. The molecule has 1 aliphatic heterocycles. The average Bonchev–Trinajstić information content (AvgIpc) is 3.09. The summed E-state index contributed by atoms with van der Waals surface area (Å²) in [6, 6.07) is 11.4. The van der Waals surface area contributed by atoms with Crippen LogP contribution >= 0.6 is 0 Å². The lowest BCUT2D eigenvalue weighted by atomic mass is 10.1. The largest absolute Gasteiger partial charge is 0.314 e. The molecule has 0 spiro atoms. The van der Waals surface area contributed by atoms with Crippen LogP contribution in [0.1, 0.15) is 49.9 Å². The van der Waals surface area contributed by atoms with Gasteiger partial charge in [-0.05, 0) is 38.7 Å². The van der Waals surface area contributed by atoms with Crippen molar-refractivity contribution in [2.45, 2.75) is 58.2 Å². The van der Waals surface area contributed by atoms with Crippen LogP contribution in [0.5, 0.6) is 0 Å². The zero-order valence-corrected chi connectivity index (χ0v) is 12.9. The second-order valence-electron chi connectivity index (χ2n) is 6.04. The second kappa shape index (κ2) is 6.39. The lowest BCUT2D eigenvalue weighted by Crippen LogP contribution is -2.31. The van der Waals surface area contributed by atoms with Gasteiger partial charge in [0.15, 0.2) is 0 Å². The summed E-state index contributed by atoms with van der Waals surface area (Å²) in [6.07, 6.45) is 4.52. The van der Waals surface area contributed by atoms with E-state index in [1.165, 1.54) is 12.0 Å². The quantitative estimate of drug-likeness (QED) is 0.887. The van der Waals surface area contributed by atoms with Gasteiger partial charge in [0.1, 0.15) is 11.6 Å². The van der Waals surface area contributed by atoms with Crippen LogP contribution in [0.15, 0.2) is 30.3 Å². The number of benzene rings is 1. The molecule has 2 aromatic rings. The Morgan fingerprint density at radius 3 is 2.81 bits per heavy atom. The van der Waals surface area contributed by atoms with Crippen molar-refractivity contribution in [1.82, 2.24) is 20.1 Å². The van der Waals surface area contributed by atoms with E-state index in [0.717, 1.165) is 37.5 Å². The Morgan fingerprint density at radius 1 is 1.19 bits per heavy atom. The van der Waals surface area contributed by atoms with E-state index in [0.29, 0.717) is 6.04 Å². The Labute approximate surface area is 126 Å². The maximum absolute atomic E-state index is 4.36. The molecule has 1 aromatic carbocycles. The van der Waals surface area contributed by atoms with Crippen molar-refractivity contribution in [3.05, 3.63) is 47.5 Å². The zero-order valence-electron chi connectivity index (χ0n) is 12.9. The molecule has 0 bridgehead atoms. The summed E-state index contributed by atoms with van der Waals surface area (Å²) in [4.78, 5) is 0. The van der Waals surface area contributed by atoms with E-state index >= 15 is 0 Å². The number of aromatic nitrogens is 3. The summed E-state index contributed by atoms with van der Waals surface area (Å²) < 4.78 is 2.28. The first-order valence-corrected chi connectivity index (χ1v) is 7.96. The van der Waals surface area contributed by atoms with Gasteiger partial charge in [-0.15, -0.1) is 10.2 Å². The smallest absolute Gasteiger partial charge is 0.149 e. The van der Waals surface area contributed by atoms with Crippen molar-refractivity contribution in [2.24, 2.45) is 0 Å². The van der Waals surface area contributed by atoms with Gasteiger partial charge in [-0.3, -0.25) is 0 Å². The van der Waals surface area contributed by atoms with E-state index in [1.54, 1.807) is 0 Å². The molecule has 2 atom stereocenters. The number of rotatable bonds is 6. The molecule has 112 valence electrons. The summed E-state index contributed by atoms with van der Waals surface area (Å²) in [5.41, 5.74) is 1.40. The number of fused-ring (bicyclic) bond motifs is 1. The monoisotopic (exact) mass is 284 g/mol.